The van der Waals surface area contributed by atoms with Crippen LogP contribution in [0.5, 0.6) is 5.75 Å². The Labute approximate surface area is 86.0 Å². The number of aromatic nitrogens is 1. The predicted molar refractivity (Wildman–Crippen MR) is 49.9 cm³/mol. The number of carbonyl (C=O) groups excluding carboxylic acids is 1. The number of aryl methyl sites for hydroxylation is 1. The summed E-state index contributed by atoms with van der Waals surface area (Å²) in [5.74, 6) is -1.25. The molecular weight excluding hydrogens is 202 g/mol. The van der Waals surface area contributed by atoms with Crippen LogP contribution in [0, 0.1) is 0 Å². The molecule has 15 heavy (non-hydrogen) atoms. The molecule has 82 valence electrons. The first-order valence-corrected chi connectivity index (χ1v) is 4.14. The zero-order chi connectivity index (χ0) is 11.4. The fraction of sp³-hybridized carbons (Fsp3) is 0.333. The van der Waals surface area contributed by atoms with Gasteiger partial charge in [0.15, 0.2) is 6.61 Å². The largest absolute Gasteiger partial charge is 0.480 e. The van der Waals surface area contributed by atoms with Crippen molar-refractivity contribution in [1.29, 1.82) is 0 Å². The second kappa shape index (κ2) is 4.50. The number of rotatable bonds is 4. The number of methoxy groups -OCH3 is 1. The molecule has 0 atom stereocenters. The highest BCUT2D eigenvalue weighted by Crippen LogP contribution is 2.15. The van der Waals surface area contributed by atoms with Crippen molar-refractivity contribution in [3.8, 4) is 5.75 Å². The predicted octanol–water partition coefficient (Wildman–Crippen LogP) is 0.275. The number of carboxylic acids is 1. The van der Waals surface area contributed by atoms with Crippen molar-refractivity contribution in [2.24, 2.45) is 7.05 Å². The lowest BCUT2D eigenvalue weighted by Crippen LogP contribution is -2.08. The van der Waals surface area contributed by atoms with E-state index in [0.29, 0.717) is 11.4 Å². The molecule has 1 aromatic rings. The van der Waals surface area contributed by atoms with Crippen LogP contribution in [0.3, 0.4) is 0 Å². The molecule has 0 amide bonds. The first kappa shape index (κ1) is 11.1. The van der Waals surface area contributed by atoms with Crippen molar-refractivity contribution in [3.05, 3.63) is 18.0 Å². The van der Waals surface area contributed by atoms with Gasteiger partial charge in [0, 0.05) is 19.3 Å². The lowest BCUT2D eigenvalue weighted by molar-refractivity contribution is -0.139. The fourth-order valence-electron chi connectivity index (χ4n) is 1.07. The van der Waals surface area contributed by atoms with Crippen molar-refractivity contribution >= 4 is 11.9 Å². The third-order valence-corrected chi connectivity index (χ3v) is 1.74. The van der Waals surface area contributed by atoms with E-state index in [4.69, 9.17) is 9.84 Å². The molecule has 0 bridgehead atoms. The van der Waals surface area contributed by atoms with Gasteiger partial charge in [0.25, 0.3) is 0 Å². The third-order valence-electron chi connectivity index (χ3n) is 1.74. The summed E-state index contributed by atoms with van der Waals surface area (Å²) >= 11 is 0. The minimum atomic E-state index is -1.07. The molecule has 1 N–H and O–H groups in total. The van der Waals surface area contributed by atoms with E-state index in [0.717, 1.165) is 0 Å². The fourth-order valence-corrected chi connectivity index (χ4v) is 1.07. The summed E-state index contributed by atoms with van der Waals surface area (Å²) in [6, 6.07) is 1.43. The van der Waals surface area contributed by atoms with Crippen LogP contribution in [0.15, 0.2) is 12.3 Å². The topological polar surface area (TPSA) is 77.8 Å². The van der Waals surface area contributed by atoms with Gasteiger partial charge in [-0.25, -0.2) is 9.59 Å². The number of aliphatic carboxylic acids is 1. The standard InChI is InChI=1S/C9H11NO5/c1-10-4-6(15-5-8(11)12)3-7(10)9(13)14-2/h3-4H,5H2,1-2H3,(H,11,12). The van der Waals surface area contributed by atoms with Crippen molar-refractivity contribution in [2.75, 3.05) is 13.7 Å². The third kappa shape index (κ3) is 2.73. The smallest absolute Gasteiger partial charge is 0.354 e. The van der Waals surface area contributed by atoms with E-state index in [9.17, 15) is 9.59 Å². The van der Waals surface area contributed by atoms with Crippen molar-refractivity contribution in [2.45, 2.75) is 0 Å². The van der Waals surface area contributed by atoms with E-state index in [-0.39, 0.29) is 0 Å². The molecular formula is C9H11NO5. The molecule has 1 aromatic heterocycles. The second-order valence-electron chi connectivity index (χ2n) is 2.85. The van der Waals surface area contributed by atoms with Gasteiger partial charge >= 0.3 is 11.9 Å². The van der Waals surface area contributed by atoms with E-state index in [1.807, 2.05) is 0 Å². The number of hydrogen-bond acceptors (Lipinski definition) is 4. The maximum atomic E-state index is 11.2. The minimum Gasteiger partial charge on any atom is -0.480 e. The summed E-state index contributed by atoms with van der Waals surface area (Å²) in [4.78, 5) is 21.4. The Morgan fingerprint density at radius 3 is 2.73 bits per heavy atom. The van der Waals surface area contributed by atoms with Gasteiger partial charge in [0.1, 0.15) is 11.4 Å². The molecule has 0 unspecified atom stereocenters. The first-order chi connectivity index (χ1) is 7.04. The highest BCUT2D eigenvalue weighted by atomic mass is 16.5. The summed E-state index contributed by atoms with van der Waals surface area (Å²) in [5, 5.41) is 8.38. The molecule has 0 spiro atoms. The molecule has 0 saturated heterocycles. The molecule has 6 heteroatoms. The van der Waals surface area contributed by atoms with Gasteiger partial charge in [-0.1, -0.05) is 0 Å². The van der Waals surface area contributed by atoms with Gasteiger partial charge < -0.3 is 19.1 Å². The highest BCUT2D eigenvalue weighted by Gasteiger charge is 2.12. The SMILES string of the molecule is COC(=O)c1cc(OCC(=O)O)cn1C. The molecule has 6 nitrogen and oxygen atoms in total. The van der Waals surface area contributed by atoms with E-state index in [2.05, 4.69) is 4.74 Å². The maximum absolute atomic E-state index is 11.2. The van der Waals surface area contributed by atoms with Crippen molar-refractivity contribution < 1.29 is 24.2 Å². The van der Waals surface area contributed by atoms with Crippen LogP contribution in [0.2, 0.25) is 0 Å². The van der Waals surface area contributed by atoms with E-state index >= 15 is 0 Å². The lowest BCUT2D eigenvalue weighted by atomic mass is 10.4. The molecule has 0 saturated carbocycles. The number of hydrogen-bond donors (Lipinski definition) is 1. The maximum Gasteiger partial charge on any atom is 0.354 e. The monoisotopic (exact) mass is 213 g/mol. The zero-order valence-electron chi connectivity index (χ0n) is 8.39. The van der Waals surface area contributed by atoms with Crippen LogP contribution in [-0.4, -0.2) is 35.3 Å². The van der Waals surface area contributed by atoms with E-state index in [1.165, 1.54) is 23.9 Å². The molecule has 0 aliphatic heterocycles. The van der Waals surface area contributed by atoms with Gasteiger partial charge in [-0.3, -0.25) is 0 Å². The van der Waals surface area contributed by atoms with Crippen molar-refractivity contribution in [3.63, 3.8) is 0 Å². The first-order valence-electron chi connectivity index (χ1n) is 4.14. The normalized spacial score (nSPS) is 9.73. The van der Waals surface area contributed by atoms with Crippen LogP contribution in [0.1, 0.15) is 10.5 Å². The summed E-state index contributed by atoms with van der Waals surface area (Å²) in [6.07, 6.45) is 1.51. The lowest BCUT2D eigenvalue weighted by Gasteiger charge is -1.97. The van der Waals surface area contributed by atoms with Crippen LogP contribution < -0.4 is 4.74 Å². The number of nitrogens with zero attached hydrogens (tertiary/aromatic N) is 1. The Bertz CT molecular complexity index is 382. The van der Waals surface area contributed by atoms with Gasteiger partial charge in [0.2, 0.25) is 0 Å². The Balaban J connectivity index is 2.76. The van der Waals surface area contributed by atoms with Crippen LogP contribution in [0.4, 0.5) is 0 Å². The second-order valence-corrected chi connectivity index (χ2v) is 2.85. The van der Waals surface area contributed by atoms with Crippen LogP contribution in [-0.2, 0) is 16.6 Å². The summed E-state index contributed by atoms with van der Waals surface area (Å²) in [7, 11) is 2.91. The Morgan fingerprint density at radius 1 is 1.53 bits per heavy atom. The van der Waals surface area contributed by atoms with Gasteiger partial charge in [-0.05, 0) is 0 Å². The van der Waals surface area contributed by atoms with Crippen molar-refractivity contribution in [1.82, 2.24) is 4.57 Å². The van der Waals surface area contributed by atoms with E-state index in [1.54, 1.807) is 7.05 Å². The van der Waals surface area contributed by atoms with Gasteiger partial charge in [0.05, 0.1) is 7.11 Å². The highest BCUT2D eigenvalue weighted by molar-refractivity contribution is 5.88. The Hall–Kier alpha value is -1.98. The van der Waals surface area contributed by atoms with Crippen LogP contribution >= 0.6 is 0 Å². The number of esters is 1. The number of carbonyl (C=O) groups is 2. The molecule has 0 aliphatic rings. The molecule has 0 radical (unpaired) electrons. The summed E-state index contributed by atoms with van der Waals surface area (Å²) in [5.41, 5.74) is 0.304. The quantitative estimate of drug-likeness (QED) is 0.726. The minimum absolute atomic E-state index is 0.304. The number of carboxylic acid groups (broad SMARTS) is 1. The summed E-state index contributed by atoms with van der Waals surface area (Å²) < 4.78 is 10.9. The average Bonchev–Trinajstić information content (AvgIpc) is 2.55. The van der Waals surface area contributed by atoms with Gasteiger partial charge in [-0.15, -0.1) is 0 Å². The molecule has 1 heterocycles. The van der Waals surface area contributed by atoms with Gasteiger partial charge in [-0.2, -0.15) is 0 Å². The molecule has 1 rings (SSSR count). The average molecular weight is 213 g/mol. The molecule has 0 aliphatic carbocycles. The van der Waals surface area contributed by atoms with Crippen LogP contribution in [0.25, 0.3) is 0 Å². The molecule has 0 fully saturated rings. The zero-order valence-corrected chi connectivity index (χ0v) is 8.39. The van der Waals surface area contributed by atoms with E-state index < -0.39 is 18.5 Å². The Morgan fingerprint density at radius 2 is 2.20 bits per heavy atom. The molecule has 0 aromatic carbocycles. The number of ether oxygens (including phenoxy) is 2. The summed E-state index contributed by atoms with van der Waals surface area (Å²) in [6.45, 7) is -0.440. The Kier molecular flexibility index (Phi) is 3.33.